The van der Waals surface area contributed by atoms with Crippen molar-refractivity contribution in [2.24, 2.45) is 0 Å². The quantitative estimate of drug-likeness (QED) is 0.529. The molecule has 7 heteroatoms. The van der Waals surface area contributed by atoms with E-state index in [2.05, 4.69) is 5.32 Å². The third kappa shape index (κ3) is 7.13. The summed E-state index contributed by atoms with van der Waals surface area (Å²) in [4.78, 5) is 28.1. The third-order valence-electron chi connectivity index (χ3n) is 6.06. The number of carbonyl (C=O) groups is 2. The highest BCUT2D eigenvalue weighted by atomic mass is 35.5. The number of amides is 2. The fourth-order valence-electron chi connectivity index (χ4n) is 4.17. The van der Waals surface area contributed by atoms with Crippen LogP contribution in [0.15, 0.2) is 48.5 Å². The predicted molar refractivity (Wildman–Crippen MR) is 130 cm³/mol. The minimum atomic E-state index is -0.602. The smallest absolute Gasteiger partial charge is 0.261 e. The molecule has 0 spiro atoms. The molecule has 2 aromatic rings. The molecule has 2 aromatic carbocycles. The van der Waals surface area contributed by atoms with E-state index in [9.17, 15) is 9.59 Å². The molecule has 1 aliphatic carbocycles. The van der Waals surface area contributed by atoms with E-state index in [1.807, 2.05) is 25.1 Å². The molecule has 1 fully saturated rings. The van der Waals surface area contributed by atoms with Crippen molar-refractivity contribution in [1.82, 2.24) is 10.2 Å². The number of ether oxygens (including phenoxy) is 2. The van der Waals surface area contributed by atoms with Crippen LogP contribution in [0, 0.1) is 0 Å². The Morgan fingerprint density at radius 3 is 2.36 bits per heavy atom. The van der Waals surface area contributed by atoms with E-state index < -0.39 is 6.04 Å². The van der Waals surface area contributed by atoms with Gasteiger partial charge in [-0.3, -0.25) is 9.59 Å². The Hall–Kier alpha value is -2.73. The first kappa shape index (κ1) is 24.9. The number of carbonyl (C=O) groups excluding carboxylic acids is 2. The van der Waals surface area contributed by atoms with Crippen LogP contribution in [0.5, 0.6) is 11.5 Å². The van der Waals surface area contributed by atoms with Gasteiger partial charge in [-0.2, -0.15) is 0 Å². The van der Waals surface area contributed by atoms with Gasteiger partial charge in [-0.1, -0.05) is 56.0 Å². The van der Waals surface area contributed by atoms with Gasteiger partial charge in [-0.15, -0.1) is 0 Å². The van der Waals surface area contributed by atoms with Gasteiger partial charge in [0.15, 0.2) is 6.61 Å². The number of hydrogen-bond donors (Lipinski definition) is 1. The molecule has 0 bridgehead atoms. The summed E-state index contributed by atoms with van der Waals surface area (Å²) in [6.07, 6.45) is 5.93. The van der Waals surface area contributed by atoms with Crippen LogP contribution in [0.25, 0.3) is 0 Å². The van der Waals surface area contributed by atoms with Crippen molar-refractivity contribution in [2.75, 3.05) is 13.7 Å². The molecule has 33 heavy (non-hydrogen) atoms. The summed E-state index contributed by atoms with van der Waals surface area (Å²) in [5.74, 6) is 0.881. The average molecular weight is 473 g/mol. The fraction of sp³-hybridized carbons (Fsp3) is 0.462. The van der Waals surface area contributed by atoms with Gasteiger partial charge < -0.3 is 19.7 Å². The molecule has 1 aliphatic rings. The number of methoxy groups -OCH3 is 1. The highest BCUT2D eigenvalue weighted by Gasteiger charge is 2.31. The topological polar surface area (TPSA) is 67.9 Å². The first-order valence-corrected chi connectivity index (χ1v) is 12.0. The molecule has 2 amide bonds. The lowest BCUT2D eigenvalue weighted by Crippen LogP contribution is -2.52. The second kappa shape index (κ2) is 12.5. The fourth-order valence-corrected chi connectivity index (χ4v) is 4.37. The van der Waals surface area contributed by atoms with Crippen molar-refractivity contribution >= 4 is 23.4 Å². The van der Waals surface area contributed by atoms with Gasteiger partial charge in [0.25, 0.3) is 5.91 Å². The molecule has 0 radical (unpaired) electrons. The maximum atomic E-state index is 13.3. The van der Waals surface area contributed by atoms with Crippen LogP contribution in [0.2, 0.25) is 5.02 Å². The van der Waals surface area contributed by atoms with E-state index in [4.69, 9.17) is 21.1 Å². The van der Waals surface area contributed by atoms with Crippen LogP contribution in [0.1, 0.15) is 51.0 Å². The van der Waals surface area contributed by atoms with Crippen molar-refractivity contribution in [3.63, 3.8) is 0 Å². The summed E-state index contributed by atoms with van der Waals surface area (Å²) < 4.78 is 10.9. The van der Waals surface area contributed by atoms with Gasteiger partial charge in [-0.25, -0.2) is 0 Å². The second-order valence-electron chi connectivity index (χ2n) is 8.34. The number of halogens is 1. The molecule has 0 aliphatic heterocycles. The van der Waals surface area contributed by atoms with E-state index in [1.165, 1.54) is 6.42 Å². The standard InChI is InChI=1S/C26H33ClN2O4/c1-3-24(26(31)28-20-10-5-4-6-11-20)29(17-19-9-7-8-12-23(19)27)25(30)18-33-22-15-13-21(32-2)14-16-22/h7-9,12-16,20,24H,3-6,10-11,17-18H2,1-2H3,(H,28,31). The van der Waals surface area contributed by atoms with E-state index in [1.54, 1.807) is 42.3 Å². The molecule has 1 saturated carbocycles. The normalized spacial score (nSPS) is 14.9. The summed E-state index contributed by atoms with van der Waals surface area (Å²) in [5, 5.41) is 3.74. The van der Waals surface area contributed by atoms with Crippen LogP contribution in [0.4, 0.5) is 0 Å². The summed E-state index contributed by atoms with van der Waals surface area (Å²) in [5.41, 5.74) is 0.792. The second-order valence-corrected chi connectivity index (χ2v) is 8.75. The van der Waals surface area contributed by atoms with Crippen molar-refractivity contribution in [3.8, 4) is 11.5 Å². The Morgan fingerprint density at radius 1 is 1.06 bits per heavy atom. The molecule has 1 unspecified atom stereocenters. The first-order valence-electron chi connectivity index (χ1n) is 11.6. The van der Waals surface area contributed by atoms with Crippen molar-refractivity contribution < 1.29 is 19.1 Å². The van der Waals surface area contributed by atoms with Gasteiger partial charge >= 0.3 is 0 Å². The predicted octanol–water partition coefficient (Wildman–Crippen LogP) is 4.98. The van der Waals surface area contributed by atoms with Crippen LogP contribution >= 0.6 is 11.6 Å². The molecular formula is C26H33ClN2O4. The lowest BCUT2D eigenvalue weighted by atomic mass is 9.95. The largest absolute Gasteiger partial charge is 0.497 e. The van der Waals surface area contributed by atoms with Crippen molar-refractivity contribution in [3.05, 3.63) is 59.1 Å². The molecule has 0 aromatic heterocycles. The minimum Gasteiger partial charge on any atom is -0.497 e. The zero-order valence-electron chi connectivity index (χ0n) is 19.4. The number of nitrogens with zero attached hydrogens (tertiary/aromatic N) is 1. The summed E-state index contributed by atoms with van der Waals surface area (Å²) in [6, 6.07) is 14.0. The Balaban J connectivity index is 1.74. The van der Waals surface area contributed by atoms with Gasteiger partial charge in [0.2, 0.25) is 5.91 Å². The highest BCUT2D eigenvalue weighted by molar-refractivity contribution is 6.31. The third-order valence-corrected chi connectivity index (χ3v) is 6.43. The maximum absolute atomic E-state index is 13.3. The van der Waals surface area contributed by atoms with Crippen LogP contribution in [0.3, 0.4) is 0 Å². The van der Waals surface area contributed by atoms with Gasteiger partial charge in [0.05, 0.1) is 7.11 Å². The number of nitrogens with one attached hydrogen (secondary N) is 1. The lowest BCUT2D eigenvalue weighted by molar-refractivity contribution is -0.143. The van der Waals surface area contributed by atoms with Crippen LogP contribution in [-0.2, 0) is 16.1 Å². The lowest BCUT2D eigenvalue weighted by Gasteiger charge is -2.33. The van der Waals surface area contributed by atoms with Gasteiger partial charge in [0.1, 0.15) is 17.5 Å². The zero-order chi connectivity index (χ0) is 23.6. The molecule has 0 saturated heterocycles. The summed E-state index contributed by atoms with van der Waals surface area (Å²) in [7, 11) is 1.59. The van der Waals surface area contributed by atoms with Gasteiger partial charge in [0, 0.05) is 17.6 Å². The maximum Gasteiger partial charge on any atom is 0.261 e. The summed E-state index contributed by atoms with van der Waals surface area (Å²) in [6.45, 7) is 1.98. The molecular weight excluding hydrogens is 440 g/mol. The Morgan fingerprint density at radius 2 is 1.73 bits per heavy atom. The SMILES string of the molecule is CCC(C(=O)NC1CCCCC1)N(Cc1ccccc1Cl)C(=O)COc1ccc(OC)cc1. The Labute approximate surface area is 201 Å². The molecule has 6 nitrogen and oxygen atoms in total. The zero-order valence-corrected chi connectivity index (χ0v) is 20.1. The highest BCUT2D eigenvalue weighted by Crippen LogP contribution is 2.22. The van der Waals surface area contributed by atoms with Crippen LogP contribution in [-0.4, -0.2) is 42.5 Å². The number of benzene rings is 2. The van der Waals surface area contributed by atoms with Gasteiger partial charge in [-0.05, 0) is 55.2 Å². The first-order chi connectivity index (χ1) is 16.0. The van der Waals surface area contributed by atoms with E-state index in [0.29, 0.717) is 22.9 Å². The minimum absolute atomic E-state index is 0.116. The molecule has 3 rings (SSSR count). The average Bonchev–Trinajstić information content (AvgIpc) is 2.84. The van der Waals surface area contributed by atoms with E-state index >= 15 is 0 Å². The Bertz CT molecular complexity index is 913. The number of rotatable bonds is 10. The molecule has 178 valence electrons. The number of hydrogen-bond acceptors (Lipinski definition) is 4. The van der Waals surface area contributed by atoms with E-state index in [-0.39, 0.29) is 31.0 Å². The molecule has 0 heterocycles. The summed E-state index contributed by atoms with van der Waals surface area (Å²) >= 11 is 6.38. The van der Waals surface area contributed by atoms with E-state index in [0.717, 1.165) is 31.2 Å². The molecule has 1 atom stereocenters. The Kier molecular flexibility index (Phi) is 9.43. The van der Waals surface area contributed by atoms with Crippen LogP contribution < -0.4 is 14.8 Å². The van der Waals surface area contributed by atoms with Crippen molar-refractivity contribution in [2.45, 2.75) is 64.1 Å². The van der Waals surface area contributed by atoms with Crippen molar-refractivity contribution in [1.29, 1.82) is 0 Å². The monoisotopic (exact) mass is 472 g/mol. The molecule has 1 N–H and O–H groups in total.